The molecule has 0 aromatic carbocycles. The molecule has 0 unspecified atom stereocenters. The molecule has 3 saturated heterocycles. The highest BCUT2D eigenvalue weighted by molar-refractivity contribution is 4.98. The fraction of sp³-hybridized carbons (Fsp3) is 1.00. The Hall–Kier alpha value is -0.240. The Morgan fingerprint density at radius 1 is 0.957 bits per heavy atom. The molecule has 0 aliphatic carbocycles. The van der Waals surface area contributed by atoms with Crippen molar-refractivity contribution in [2.24, 2.45) is 0 Å². The number of ether oxygens (including phenoxy) is 6. The van der Waals surface area contributed by atoms with Crippen LogP contribution in [0.2, 0.25) is 0 Å². The van der Waals surface area contributed by atoms with Crippen LogP contribution in [0.25, 0.3) is 0 Å². The molecule has 0 aromatic heterocycles. The van der Waals surface area contributed by atoms with Gasteiger partial charge in [-0.2, -0.15) is 0 Å². The topological polar surface area (TPSA) is 55.4 Å². The number of hydrogen-bond donors (Lipinski definition) is 0. The van der Waals surface area contributed by atoms with Crippen LogP contribution in [-0.2, 0) is 28.4 Å². The summed E-state index contributed by atoms with van der Waals surface area (Å²) in [7, 11) is 0. The predicted octanol–water partition coefficient (Wildman–Crippen LogP) is 2.59. The van der Waals surface area contributed by atoms with Gasteiger partial charge in [0.05, 0.1) is 6.61 Å². The van der Waals surface area contributed by atoms with Crippen LogP contribution in [0.1, 0.15) is 53.9 Å². The van der Waals surface area contributed by atoms with E-state index in [9.17, 15) is 0 Å². The van der Waals surface area contributed by atoms with Crippen molar-refractivity contribution in [1.82, 2.24) is 0 Å². The maximum Gasteiger partial charge on any atom is 0.190 e. The maximum atomic E-state index is 6.14. The van der Waals surface area contributed by atoms with Crippen molar-refractivity contribution in [1.29, 1.82) is 0 Å². The van der Waals surface area contributed by atoms with Crippen molar-refractivity contribution in [2.45, 2.75) is 96.2 Å². The summed E-state index contributed by atoms with van der Waals surface area (Å²) < 4.78 is 35.7. The monoisotopic (exact) mass is 330 g/mol. The van der Waals surface area contributed by atoms with Crippen LogP contribution < -0.4 is 0 Å². The van der Waals surface area contributed by atoms with Gasteiger partial charge in [0.15, 0.2) is 17.9 Å². The van der Waals surface area contributed by atoms with Crippen LogP contribution in [0, 0.1) is 0 Å². The molecule has 3 fully saturated rings. The normalized spacial score (nSPS) is 41.3. The van der Waals surface area contributed by atoms with Gasteiger partial charge in [-0.05, 0) is 34.1 Å². The quantitative estimate of drug-likeness (QED) is 0.698. The highest BCUT2D eigenvalue weighted by atomic mass is 16.8. The van der Waals surface area contributed by atoms with E-state index < -0.39 is 17.9 Å². The molecule has 134 valence electrons. The summed E-state index contributed by atoms with van der Waals surface area (Å²) >= 11 is 0. The SMILES string of the molecule is CCCCCO[C@H]1[C@H]2OC(C)(C)O[C@@H]2O[C@@H]1[C@@H]1COC(C)(C)O1. The lowest BCUT2D eigenvalue weighted by Crippen LogP contribution is -2.44. The zero-order valence-corrected chi connectivity index (χ0v) is 14.9. The van der Waals surface area contributed by atoms with Crippen LogP contribution >= 0.6 is 0 Å². The van der Waals surface area contributed by atoms with Gasteiger partial charge in [0.25, 0.3) is 0 Å². The Kier molecular flexibility index (Phi) is 5.03. The maximum absolute atomic E-state index is 6.14. The predicted molar refractivity (Wildman–Crippen MR) is 82.9 cm³/mol. The third-order valence-electron chi connectivity index (χ3n) is 4.48. The fourth-order valence-corrected chi connectivity index (χ4v) is 3.44. The molecule has 23 heavy (non-hydrogen) atoms. The first-order chi connectivity index (χ1) is 10.8. The van der Waals surface area contributed by atoms with E-state index in [4.69, 9.17) is 28.4 Å². The van der Waals surface area contributed by atoms with Gasteiger partial charge >= 0.3 is 0 Å². The minimum atomic E-state index is -0.641. The fourth-order valence-electron chi connectivity index (χ4n) is 3.44. The standard InChI is InChI=1S/C17H30O6/c1-6-7-8-9-18-13-12(11-10-19-16(2,3)21-11)20-15-14(13)22-17(4,5)23-15/h11-15H,6-10H2,1-5H3/t11-,12+,13+,14+,15-/m0/s1. The van der Waals surface area contributed by atoms with Crippen molar-refractivity contribution in [3.63, 3.8) is 0 Å². The minimum Gasteiger partial charge on any atom is -0.372 e. The zero-order chi connectivity index (χ0) is 16.7. The second-order valence-electron chi connectivity index (χ2n) is 7.48. The summed E-state index contributed by atoms with van der Waals surface area (Å²) in [4.78, 5) is 0. The Balaban J connectivity index is 1.66. The van der Waals surface area contributed by atoms with Crippen molar-refractivity contribution >= 4 is 0 Å². The Morgan fingerprint density at radius 3 is 2.39 bits per heavy atom. The van der Waals surface area contributed by atoms with Gasteiger partial charge < -0.3 is 28.4 Å². The molecule has 3 aliphatic rings. The molecule has 0 N–H and O–H groups in total. The van der Waals surface area contributed by atoms with Gasteiger partial charge in [0, 0.05) is 6.61 Å². The average molecular weight is 330 g/mol. The van der Waals surface area contributed by atoms with Crippen LogP contribution in [0.15, 0.2) is 0 Å². The lowest BCUT2D eigenvalue weighted by atomic mass is 10.1. The number of hydrogen-bond acceptors (Lipinski definition) is 6. The summed E-state index contributed by atoms with van der Waals surface area (Å²) in [5, 5.41) is 0. The summed E-state index contributed by atoms with van der Waals surface area (Å²) in [6.45, 7) is 11.0. The summed E-state index contributed by atoms with van der Waals surface area (Å²) in [5.41, 5.74) is 0. The van der Waals surface area contributed by atoms with E-state index >= 15 is 0 Å². The minimum absolute atomic E-state index is 0.165. The zero-order valence-electron chi connectivity index (χ0n) is 14.9. The first-order valence-corrected chi connectivity index (χ1v) is 8.76. The highest BCUT2D eigenvalue weighted by Crippen LogP contribution is 2.41. The van der Waals surface area contributed by atoms with E-state index in [2.05, 4.69) is 6.92 Å². The van der Waals surface area contributed by atoms with E-state index in [-0.39, 0.29) is 24.4 Å². The van der Waals surface area contributed by atoms with Crippen molar-refractivity contribution < 1.29 is 28.4 Å². The average Bonchev–Trinajstić information content (AvgIpc) is 3.05. The largest absolute Gasteiger partial charge is 0.372 e. The Morgan fingerprint density at radius 2 is 1.74 bits per heavy atom. The lowest BCUT2D eigenvalue weighted by molar-refractivity contribution is -0.236. The number of rotatable bonds is 6. The highest BCUT2D eigenvalue weighted by Gasteiger charge is 2.58. The molecule has 3 aliphatic heterocycles. The molecule has 0 saturated carbocycles. The van der Waals surface area contributed by atoms with Crippen LogP contribution in [0.4, 0.5) is 0 Å². The second-order valence-corrected chi connectivity index (χ2v) is 7.48. The first kappa shape index (κ1) is 17.6. The van der Waals surface area contributed by atoms with Gasteiger partial charge in [0.1, 0.15) is 24.4 Å². The third kappa shape index (κ3) is 3.89. The molecule has 0 radical (unpaired) electrons. The van der Waals surface area contributed by atoms with Gasteiger partial charge in [0.2, 0.25) is 0 Å². The summed E-state index contributed by atoms with van der Waals surface area (Å²) in [5.74, 6) is -1.23. The summed E-state index contributed by atoms with van der Waals surface area (Å²) in [6.07, 6.45) is 2.15. The smallest absolute Gasteiger partial charge is 0.190 e. The van der Waals surface area contributed by atoms with E-state index in [1.165, 1.54) is 6.42 Å². The van der Waals surface area contributed by atoms with E-state index in [0.29, 0.717) is 13.2 Å². The molecule has 3 heterocycles. The molecule has 0 amide bonds. The molecule has 0 bridgehead atoms. The molecular formula is C17H30O6. The molecule has 6 nitrogen and oxygen atoms in total. The molecule has 0 spiro atoms. The molecule has 5 atom stereocenters. The molecule has 6 heteroatoms. The van der Waals surface area contributed by atoms with Gasteiger partial charge in [-0.25, -0.2) is 0 Å². The second kappa shape index (κ2) is 6.58. The van der Waals surface area contributed by atoms with Gasteiger partial charge in [-0.3, -0.25) is 0 Å². The van der Waals surface area contributed by atoms with E-state index in [1.54, 1.807) is 0 Å². The van der Waals surface area contributed by atoms with Gasteiger partial charge in [-0.1, -0.05) is 19.8 Å². The molecule has 3 rings (SSSR count). The van der Waals surface area contributed by atoms with Crippen molar-refractivity contribution in [3.8, 4) is 0 Å². The van der Waals surface area contributed by atoms with E-state index in [0.717, 1.165) is 12.8 Å². The van der Waals surface area contributed by atoms with Crippen LogP contribution in [0.5, 0.6) is 0 Å². The number of unbranched alkanes of at least 4 members (excludes halogenated alkanes) is 2. The van der Waals surface area contributed by atoms with Crippen molar-refractivity contribution in [2.75, 3.05) is 13.2 Å². The Bertz CT molecular complexity index is 410. The lowest BCUT2D eigenvalue weighted by Gasteiger charge is -2.29. The summed E-state index contributed by atoms with van der Waals surface area (Å²) in [6, 6.07) is 0. The van der Waals surface area contributed by atoms with Crippen molar-refractivity contribution in [3.05, 3.63) is 0 Å². The molecular weight excluding hydrogens is 300 g/mol. The van der Waals surface area contributed by atoms with Gasteiger partial charge in [-0.15, -0.1) is 0 Å². The number of fused-ring (bicyclic) bond motifs is 1. The Labute approximate surface area is 138 Å². The van der Waals surface area contributed by atoms with E-state index in [1.807, 2.05) is 27.7 Å². The van der Waals surface area contributed by atoms with Crippen LogP contribution in [0.3, 0.4) is 0 Å². The first-order valence-electron chi connectivity index (χ1n) is 8.76. The third-order valence-corrected chi connectivity index (χ3v) is 4.48. The molecule has 0 aromatic rings. The van der Waals surface area contributed by atoms with Crippen LogP contribution in [-0.4, -0.2) is 55.5 Å².